The van der Waals surface area contributed by atoms with Gasteiger partial charge in [0.05, 0.1) is 11.0 Å². The lowest BCUT2D eigenvalue weighted by Gasteiger charge is -2.22. The van der Waals surface area contributed by atoms with Crippen molar-refractivity contribution in [3.63, 3.8) is 0 Å². The highest BCUT2D eigenvalue weighted by Crippen LogP contribution is 2.24. The van der Waals surface area contributed by atoms with Gasteiger partial charge in [-0.3, -0.25) is 10.1 Å². The first-order valence-corrected chi connectivity index (χ1v) is 5.50. The molecular weight excluding hydrogens is 234 g/mol. The molecule has 0 aliphatic carbocycles. The molecule has 1 atom stereocenters. The molecule has 0 saturated carbocycles. The van der Waals surface area contributed by atoms with E-state index in [1.165, 1.54) is 18.2 Å². The first-order chi connectivity index (χ1) is 8.39. The van der Waals surface area contributed by atoms with E-state index in [9.17, 15) is 10.1 Å². The predicted octanol–water partition coefficient (Wildman–Crippen LogP) is 1.97. The average Bonchev–Trinajstić information content (AvgIpc) is 2.36. The molecule has 0 amide bonds. The van der Waals surface area contributed by atoms with Gasteiger partial charge < -0.3 is 10.5 Å². The third kappa shape index (κ3) is 3.43. The molecule has 2 N–H and O–H groups in total. The summed E-state index contributed by atoms with van der Waals surface area (Å²) >= 11 is 0. The smallest absolute Gasteiger partial charge is 0.290 e. The number of ether oxygens (including phenoxy) is 1. The lowest BCUT2D eigenvalue weighted by atomic mass is 10.0. The maximum absolute atomic E-state index is 10.8. The van der Waals surface area contributed by atoms with E-state index >= 15 is 0 Å². The fraction of sp³-hybridized carbons (Fsp3) is 0.417. The number of benzene rings is 1. The third-order valence-electron chi connectivity index (χ3n) is 2.66. The number of nitro groups is 1. The monoisotopic (exact) mass is 249 g/mol. The minimum atomic E-state index is -0.604. The number of nitro benzene ring substituents is 1. The average molecular weight is 249 g/mol. The van der Waals surface area contributed by atoms with Crippen LogP contribution in [0.1, 0.15) is 25.8 Å². The van der Waals surface area contributed by atoms with E-state index in [0.29, 0.717) is 5.75 Å². The zero-order valence-electron chi connectivity index (χ0n) is 10.3. The van der Waals surface area contributed by atoms with Crippen LogP contribution in [0.25, 0.3) is 0 Å². The molecule has 1 unspecified atom stereocenters. The Kier molecular flexibility index (Phi) is 4.23. The molecule has 1 rings (SSSR count). The standard InChI is InChI=1S/C12H15N3O3/c1-3-12(2,14)8-18-10-5-4-9(7-13)11(6-10)15(16)17/h4-6H,3,8,14H2,1-2H3. The summed E-state index contributed by atoms with van der Waals surface area (Å²) in [6.45, 7) is 4.03. The lowest BCUT2D eigenvalue weighted by Crippen LogP contribution is -2.41. The van der Waals surface area contributed by atoms with Crippen LogP contribution in [0.15, 0.2) is 18.2 Å². The topological polar surface area (TPSA) is 102 Å². The van der Waals surface area contributed by atoms with Gasteiger partial charge in [-0.15, -0.1) is 0 Å². The Morgan fingerprint density at radius 2 is 2.28 bits per heavy atom. The first kappa shape index (κ1) is 13.9. The molecule has 6 nitrogen and oxygen atoms in total. The summed E-state index contributed by atoms with van der Waals surface area (Å²) in [6.07, 6.45) is 0.728. The molecule has 0 fully saturated rings. The Morgan fingerprint density at radius 1 is 1.61 bits per heavy atom. The maximum atomic E-state index is 10.8. The number of hydrogen-bond donors (Lipinski definition) is 1. The van der Waals surface area contributed by atoms with Crippen molar-refractivity contribution in [3.05, 3.63) is 33.9 Å². The van der Waals surface area contributed by atoms with Gasteiger partial charge >= 0.3 is 0 Å². The van der Waals surface area contributed by atoms with Crippen molar-refractivity contribution >= 4 is 5.69 Å². The molecule has 0 spiro atoms. The van der Waals surface area contributed by atoms with Crippen molar-refractivity contribution < 1.29 is 9.66 Å². The van der Waals surface area contributed by atoms with Crippen molar-refractivity contribution in [2.24, 2.45) is 5.73 Å². The molecule has 0 aromatic heterocycles. The normalized spacial score (nSPS) is 13.4. The highest BCUT2D eigenvalue weighted by atomic mass is 16.6. The minimum Gasteiger partial charge on any atom is -0.491 e. The highest BCUT2D eigenvalue weighted by Gasteiger charge is 2.19. The van der Waals surface area contributed by atoms with Gasteiger partial charge in [0.15, 0.2) is 0 Å². The van der Waals surface area contributed by atoms with Crippen LogP contribution in [0.3, 0.4) is 0 Å². The van der Waals surface area contributed by atoms with Gasteiger partial charge in [-0.1, -0.05) is 6.92 Å². The Hall–Kier alpha value is -2.13. The van der Waals surface area contributed by atoms with E-state index in [2.05, 4.69) is 0 Å². The van der Waals surface area contributed by atoms with Crippen LogP contribution in [-0.2, 0) is 0 Å². The molecule has 0 bridgehead atoms. The second-order valence-corrected chi connectivity index (χ2v) is 4.34. The number of nitrogens with zero attached hydrogens (tertiary/aromatic N) is 2. The van der Waals surface area contributed by atoms with Gasteiger partial charge in [-0.05, 0) is 25.5 Å². The molecule has 0 heterocycles. The summed E-state index contributed by atoms with van der Waals surface area (Å²) in [5.41, 5.74) is 5.18. The molecule has 1 aromatic carbocycles. The van der Waals surface area contributed by atoms with Gasteiger partial charge in [0.25, 0.3) is 5.69 Å². The summed E-state index contributed by atoms with van der Waals surface area (Å²) in [7, 11) is 0. The molecule has 0 aliphatic rings. The largest absolute Gasteiger partial charge is 0.491 e. The Bertz CT molecular complexity index is 492. The SMILES string of the molecule is CCC(C)(N)COc1ccc(C#N)c([N+](=O)[O-])c1. The molecule has 0 saturated heterocycles. The summed E-state index contributed by atoms with van der Waals surface area (Å²) < 4.78 is 5.41. The second-order valence-electron chi connectivity index (χ2n) is 4.34. The molecule has 6 heteroatoms. The van der Waals surface area contributed by atoms with Crippen LogP contribution in [0, 0.1) is 21.4 Å². The molecule has 0 radical (unpaired) electrons. The zero-order chi connectivity index (χ0) is 13.8. The van der Waals surface area contributed by atoms with E-state index in [-0.39, 0.29) is 17.9 Å². The van der Waals surface area contributed by atoms with Crippen LogP contribution in [-0.4, -0.2) is 17.1 Å². The van der Waals surface area contributed by atoms with E-state index in [0.717, 1.165) is 6.42 Å². The molecule has 18 heavy (non-hydrogen) atoms. The molecule has 1 aromatic rings. The van der Waals surface area contributed by atoms with Gasteiger partial charge in [0.2, 0.25) is 0 Å². The van der Waals surface area contributed by atoms with Gasteiger partial charge in [-0.2, -0.15) is 5.26 Å². The van der Waals surface area contributed by atoms with E-state index in [1.54, 1.807) is 6.07 Å². The number of hydrogen-bond acceptors (Lipinski definition) is 5. The maximum Gasteiger partial charge on any atom is 0.290 e. The third-order valence-corrected chi connectivity index (χ3v) is 2.66. The lowest BCUT2D eigenvalue weighted by molar-refractivity contribution is -0.385. The molecular formula is C12H15N3O3. The predicted molar refractivity (Wildman–Crippen MR) is 66.2 cm³/mol. The van der Waals surface area contributed by atoms with Crippen molar-refractivity contribution in [3.8, 4) is 11.8 Å². The van der Waals surface area contributed by atoms with Crippen molar-refractivity contribution in [1.82, 2.24) is 0 Å². The Morgan fingerprint density at radius 3 is 2.78 bits per heavy atom. The van der Waals surface area contributed by atoms with Gasteiger partial charge in [0.1, 0.15) is 24.0 Å². The van der Waals surface area contributed by atoms with Crippen LogP contribution in [0.4, 0.5) is 5.69 Å². The van der Waals surface area contributed by atoms with Crippen molar-refractivity contribution in [2.75, 3.05) is 6.61 Å². The number of rotatable bonds is 5. The van der Waals surface area contributed by atoms with E-state index < -0.39 is 10.5 Å². The summed E-state index contributed by atoms with van der Waals surface area (Å²) in [6, 6.07) is 5.90. The minimum absolute atomic E-state index is 0.0124. The molecule has 96 valence electrons. The van der Waals surface area contributed by atoms with E-state index in [1.807, 2.05) is 13.8 Å². The van der Waals surface area contributed by atoms with E-state index in [4.69, 9.17) is 15.7 Å². The summed E-state index contributed by atoms with van der Waals surface area (Å²) in [4.78, 5) is 10.2. The van der Waals surface area contributed by atoms with Crippen molar-refractivity contribution in [2.45, 2.75) is 25.8 Å². The summed E-state index contributed by atoms with van der Waals surface area (Å²) in [5, 5.41) is 19.5. The fourth-order valence-electron chi connectivity index (χ4n) is 1.20. The Labute approximate surface area is 105 Å². The quantitative estimate of drug-likeness (QED) is 0.634. The second kappa shape index (κ2) is 5.47. The Balaban J connectivity index is 2.90. The fourth-order valence-corrected chi connectivity index (χ4v) is 1.20. The van der Waals surface area contributed by atoms with Gasteiger partial charge in [0, 0.05) is 5.54 Å². The van der Waals surface area contributed by atoms with Crippen LogP contribution in [0.2, 0.25) is 0 Å². The van der Waals surface area contributed by atoms with Crippen molar-refractivity contribution in [1.29, 1.82) is 5.26 Å². The van der Waals surface area contributed by atoms with Crippen LogP contribution < -0.4 is 10.5 Å². The van der Waals surface area contributed by atoms with Crippen LogP contribution in [0.5, 0.6) is 5.75 Å². The molecule has 0 aliphatic heterocycles. The summed E-state index contributed by atoms with van der Waals surface area (Å²) in [5.74, 6) is 0.339. The zero-order valence-corrected chi connectivity index (χ0v) is 10.3. The van der Waals surface area contributed by atoms with Crippen LogP contribution >= 0.6 is 0 Å². The number of nitrogens with two attached hydrogens (primary N) is 1. The highest BCUT2D eigenvalue weighted by molar-refractivity contribution is 5.52. The first-order valence-electron chi connectivity index (χ1n) is 5.50. The van der Waals surface area contributed by atoms with Gasteiger partial charge in [-0.25, -0.2) is 0 Å². The number of nitriles is 1.